The molecule has 7 aromatic heterocycles. The fourth-order valence-electron chi connectivity index (χ4n) is 15.8. The Morgan fingerprint density at radius 1 is 0.420 bits per heavy atom. The lowest BCUT2D eigenvalue weighted by molar-refractivity contribution is -0.0848. The number of aromatic nitrogens is 13. The number of rotatable bonds is 48. The summed E-state index contributed by atoms with van der Waals surface area (Å²) < 4.78 is 166. The van der Waals surface area contributed by atoms with E-state index >= 15 is 4.57 Å². The predicted octanol–water partition coefficient (Wildman–Crippen LogP) is -1.37. The van der Waals surface area contributed by atoms with E-state index in [1.807, 2.05) is 0 Å². The summed E-state index contributed by atoms with van der Waals surface area (Å²) in [7, 11) is -0.478. The van der Waals surface area contributed by atoms with Gasteiger partial charge in [-0.25, -0.2) is 38.5 Å². The van der Waals surface area contributed by atoms with Crippen LogP contribution in [-0.2, 0) is 163 Å². The number of nitrogens with zero attached hydrogens (tertiary/aromatic N) is 9. The summed E-state index contributed by atoms with van der Waals surface area (Å²) in [6.45, 7) is -16.5. The summed E-state index contributed by atoms with van der Waals surface area (Å²) in [5.74, 6) is -0.218. The number of phosphoric ester groups is 1. The minimum absolute atomic E-state index is 0.0151. The van der Waals surface area contributed by atoms with E-state index in [-0.39, 0.29) is 111 Å². The maximum absolute atomic E-state index is 15.3. The van der Waals surface area contributed by atoms with E-state index in [9.17, 15) is 72.7 Å². The molecule has 11 unspecified atom stereocenters. The number of hydrogen-bond donors (Lipinski definition) is 12. The van der Waals surface area contributed by atoms with Crippen LogP contribution in [-0.4, -0.2) is 304 Å². The van der Waals surface area contributed by atoms with Gasteiger partial charge in [0.2, 0.25) is 0 Å². The Kier molecular flexibility index (Phi) is 36.8. The van der Waals surface area contributed by atoms with Crippen LogP contribution in [0.1, 0.15) is 91.4 Å². The molecule has 27 atom stereocenters. The molecule has 6 aliphatic heterocycles. The molecule has 7 aromatic rings. The Balaban J connectivity index is 0.775. The fourth-order valence-corrected chi connectivity index (χ4v) is 22.6. The van der Waals surface area contributed by atoms with Crippen molar-refractivity contribution in [2.24, 2.45) is 0 Å². The van der Waals surface area contributed by atoms with Gasteiger partial charge in [0.15, 0.2) is 30.6 Å². The van der Waals surface area contributed by atoms with Crippen molar-refractivity contribution in [1.29, 1.82) is 0 Å². The standard InChI is InChI=1S/C74H106N15O40P5S4/c1-11-41-42(22-49(119-41)84-25-36(3)62(91)80-71(84)96)125-131(102,135)115-29-44-43(23-50(120-44)85-26-37(4)63(92)81-72(85)97)126-132(103,136)117-32-47-53(57(111-19-15-107-8)67(123-47)86-24-35(2)60(76)79-70(86)95)127-130(100,101)114-31-46-54(58(112-20-16-108-9)68(122-46)87-27-38(5)64(93)82-73(87)98)128-134(105,138)118-33-48-55(59(113-21-17-109-10)69(124-48)88-28-39(6)65(94)83-74(88)99)129-133(104,137)116-30-45-52(90)56(110-18-14-106-7)66(121-45)89-34-78-51-40(75)12-13-77-61(51)89/h12-13,24-28,34,41-50,52-59,66-69,90H,11,14-23,29-33H2,1-10H3,(H2,75,77)(H,100,101)(H,102,135)(H,103,136)(H,104,137)(H,105,138)(H2,76,79,95)(H,80,91,96)(H,81,92,97)(H,82,93,98)(H,83,94,99)/t41-,42?,43?,44-,45-,46-,47-,48-,49-,50-,52?,53?,54?,55?,56+,57+,58+,59+,66-,67-,68-,69-,131?,132?,133?,134?/m1/s1. The maximum atomic E-state index is 15.3. The average Bonchev–Trinajstić information content (AvgIpc) is 1.62. The number of imidazole rings is 1. The number of fused-ring (bicyclic) bond motifs is 1. The molecule has 0 radical (unpaired) electrons. The molecule has 55 nitrogen and oxygen atoms in total. The number of phosphoric acid groups is 1. The summed E-state index contributed by atoms with van der Waals surface area (Å²) >= 11 is 22.6. The number of nitrogen functional groups attached to an aromatic ring is 2. The third-order valence-electron chi connectivity index (χ3n) is 22.6. The number of methoxy groups -OCH3 is 4. The van der Waals surface area contributed by atoms with Crippen LogP contribution in [0.15, 0.2) is 92.7 Å². The topological polar surface area (TPSA) is 697 Å². The van der Waals surface area contributed by atoms with Crippen LogP contribution in [0.5, 0.6) is 0 Å². The van der Waals surface area contributed by atoms with Crippen molar-refractivity contribution in [3.63, 3.8) is 0 Å². The first kappa shape index (κ1) is 109. The molecule has 0 amide bonds. The SMILES string of the molecule is CC[C@H]1O[C@@H](n2cc(C)c(=O)[nH]c2=O)CC1OP(O)(=S)OC[C@H]1O[C@@H](n2cc(C)c(=O)[nH]c2=O)CC1OP(O)(=S)OC[C@H]1O[C@@H](n2cc(C)c(N)nc2=O)[C@@H](OCCOC)C1OP(=O)(O)OC[C@H]1O[C@@H](n2cc(C)c(=O)[nH]c2=O)[C@@H](OCCOC)C1OP(O)(=S)OC[C@H]1O[C@@H](n2cc(C)c(=O)[nH]c2=O)[C@@H](OCCOC)C1OP(O)(=S)OC[C@H]1O[C@@H](n2cnc3c(N)ccnc32)[C@@H](OCCOC)C1O. The molecule has 0 bridgehead atoms. The second kappa shape index (κ2) is 46.7. The Hall–Kier alpha value is -6.55. The quantitative estimate of drug-likeness (QED) is 0.0155. The van der Waals surface area contributed by atoms with Gasteiger partial charge in [0.1, 0.15) is 103 Å². The molecular weight excluding hydrogens is 2020 g/mol. The molecular formula is C74H106N15O40P5S4. The molecule has 138 heavy (non-hydrogen) atoms. The molecule has 766 valence electrons. The van der Waals surface area contributed by atoms with Crippen LogP contribution in [0.3, 0.4) is 0 Å². The Morgan fingerprint density at radius 2 is 0.768 bits per heavy atom. The van der Waals surface area contributed by atoms with Gasteiger partial charge in [-0.1, -0.05) is 6.92 Å². The van der Waals surface area contributed by atoms with Gasteiger partial charge in [-0.2, -0.15) is 4.98 Å². The highest BCUT2D eigenvalue weighted by Gasteiger charge is 2.57. The first-order chi connectivity index (χ1) is 65.3. The third kappa shape index (κ3) is 26.2. The summed E-state index contributed by atoms with van der Waals surface area (Å²) in [5, 5.41) is 11.9. The molecule has 14 N–H and O–H groups in total. The minimum Gasteiger partial charge on any atom is -0.397 e. The van der Waals surface area contributed by atoms with Crippen molar-refractivity contribution < 1.29 is 146 Å². The number of hydrogen-bond acceptors (Lipinski definition) is 44. The largest absolute Gasteiger partial charge is 0.472 e. The number of aromatic amines is 4. The summed E-state index contributed by atoms with van der Waals surface area (Å²) in [6.07, 6.45) is -25.3. The minimum atomic E-state index is -5.87. The lowest BCUT2D eigenvalue weighted by atomic mass is 10.1. The van der Waals surface area contributed by atoms with Crippen molar-refractivity contribution in [3.8, 4) is 0 Å². The van der Waals surface area contributed by atoms with Crippen LogP contribution in [0.25, 0.3) is 11.2 Å². The zero-order valence-corrected chi connectivity index (χ0v) is 83.0. The van der Waals surface area contributed by atoms with E-state index in [1.165, 1.54) is 105 Å². The maximum Gasteiger partial charge on any atom is 0.472 e. The number of nitrogens with one attached hydrogen (secondary N) is 4. The van der Waals surface area contributed by atoms with E-state index < -0.39 is 260 Å². The molecule has 0 aromatic carbocycles. The first-order valence-corrected chi connectivity index (χ1v) is 54.2. The van der Waals surface area contributed by atoms with E-state index in [1.54, 1.807) is 6.92 Å². The number of aliphatic hydroxyl groups excluding tert-OH is 1. The van der Waals surface area contributed by atoms with Crippen LogP contribution in [0.2, 0.25) is 0 Å². The lowest BCUT2D eigenvalue weighted by Crippen LogP contribution is -2.42. The highest BCUT2D eigenvalue weighted by molar-refractivity contribution is 8.08. The summed E-state index contributed by atoms with van der Waals surface area (Å²) in [6, 6.07) is 1.53. The van der Waals surface area contributed by atoms with Crippen molar-refractivity contribution in [3.05, 3.63) is 171 Å². The van der Waals surface area contributed by atoms with Crippen molar-refractivity contribution in [1.82, 2.24) is 62.3 Å². The van der Waals surface area contributed by atoms with Gasteiger partial charge in [-0.15, -0.1) is 0 Å². The zero-order chi connectivity index (χ0) is 99.9. The highest BCUT2D eigenvalue weighted by atomic mass is 32.5. The zero-order valence-electron chi connectivity index (χ0n) is 75.2. The third-order valence-corrected chi connectivity index (χ3v) is 29.9. The molecule has 0 aliphatic carbocycles. The molecule has 13 rings (SSSR count). The monoisotopic (exact) mass is 2130 g/mol. The van der Waals surface area contributed by atoms with Crippen LogP contribution < -0.4 is 62.2 Å². The Bertz CT molecular complexity index is 6310. The normalized spacial score (nSPS) is 29.4. The smallest absolute Gasteiger partial charge is 0.397 e. The van der Waals surface area contributed by atoms with Crippen molar-refractivity contribution in [2.75, 3.05) is 126 Å². The second-order valence-corrected chi connectivity index (χ2v) is 44.7. The second-order valence-electron chi connectivity index (χ2n) is 32.2. The number of pyridine rings is 1. The van der Waals surface area contributed by atoms with Crippen molar-refractivity contribution >= 4 is 105 Å². The fraction of sp³-hybridized carbons (Fsp3) is 0.649. The van der Waals surface area contributed by atoms with Crippen molar-refractivity contribution in [2.45, 2.75) is 196 Å². The molecule has 6 fully saturated rings. The molecule has 0 saturated carbocycles. The number of nitrogens with two attached hydrogens (primary N) is 2. The Labute approximate surface area is 801 Å². The summed E-state index contributed by atoms with van der Waals surface area (Å²) in [4.78, 5) is 202. The number of aryl methyl sites for hydroxylation is 5. The van der Waals surface area contributed by atoms with Gasteiger partial charge in [0.05, 0.1) is 116 Å². The highest BCUT2D eigenvalue weighted by Crippen LogP contribution is 2.58. The number of ether oxygens (including phenoxy) is 14. The molecule has 6 aliphatic rings. The van der Waals surface area contributed by atoms with Crippen LogP contribution in [0, 0.1) is 34.6 Å². The Morgan fingerprint density at radius 3 is 1.20 bits per heavy atom. The van der Waals surface area contributed by atoms with E-state index in [4.69, 9.17) is 170 Å². The molecule has 13 heterocycles. The van der Waals surface area contributed by atoms with Gasteiger partial charge in [0.25, 0.3) is 22.2 Å². The predicted molar refractivity (Wildman–Crippen MR) is 489 cm³/mol. The average molecular weight is 2130 g/mol. The van der Waals surface area contributed by atoms with Gasteiger partial charge >= 0.3 is 63.1 Å². The van der Waals surface area contributed by atoms with Gasteiger partial charge < -0.3 is 134 Å². The lowest BCUT2D eigenvalue weighted by Gasteiger charge is -2.30. The first-order valence-electron chi connectivity index (χ1n) is 42.4. The van der Waals surface area contributed by atoms with Gasteiger partial charge in [-0.3, -0.25) is 84.6 Å². The number of H-pyrrole nitrogens is 4. The molecule has 6 saturated heterocycles. The molecule has 64 heteroatoms. The van der Waals surface area contributed by atoms with E-state index in [0.29, 0.717) is 5.52 Å². The van der Waals surface area contributed by atoms with Gasteiger partial charge in [-0.05, 0) is 94.3 Å². The number of aliphatic hydroxyl groups is 1. The summed E-state index contributed by atoms with van der Waals surface area (Å²) in [5.41, 5.74) is 5.52. The van der Waals surface area contributed by atoms with Gasteiger partial charge in [0, 0.05) is 106 Å². The van der Waals surface area contributed by atoms with E-state index in [2.05, 4.69) is 34.9 Å². The molecule has 0 spiro atoms. The van der Waals surface area contributed by atoms with E-state index in [0.717, 1.165) is 35.2 Å². The van der Waals surface area contributed by atoms with Crippen LogP contribution in [0.4, 0.5) is 11.5 Å². The number of anilines is 2. The van der Waals surface area contributed by atoms with Crippen LogP contribution >= 0.6 is 34.7 Å².